The van der Waals surface area contributed by atoms with Crippen molar-refractivity contribution in [3.8, 4) is 0 Å². The molecule has 5 rings (SSSR count). The lowest BCUT2D eigenvalue weighted by Crippen LogP contribution is -2.37. The molecule has 1 aliphatic rings. The summed E-state index contributed by atoms with van der Waals surface area (Å²) in [6, 6.07) is 19.5. The number of nitrogens with one attached hydrogen (secondary N) is 1. The summed E-state index contributed by atoms with van der Waals surface area (Å²) in [7, 11) is 1.69. The van der Waals surface area contributed by atoms with Gasteiger partial charge in [0, 0.05) is 42.0 Å². The van der Waals surface area contributed by atoms with Gasteiger partial charge in [-0.15, -0.1) is 0 Å². The van der Waals surface area contributed by atoms with Crippen molar-refractivity contribution in [3.05, 3.63) is 106 Å². The lowest BCUT2D eigenvalue weighted by atomic mass is 9.98. The van der Waals surface area contributed by atoms with Crippen LogP contribution in [0.15, 0.2) is 77.6 Å². The number of fused-ring (bicyclic) bond motifs is 2. The summed E-state index contributed by atoms with van der Waals surface area (Å²) in [5.74, 6) is -1.02. The zero-order chi connectivity index (χ0) is 23.8. The Bertz CT molecular complexity index is 1490. The fourth-order valence-corrected chi connectivity index (χ4v) is 4.48. The zero-order valence-corrected chi connectivity index (χ0v) is 18.5. The Morgan fingerprint density at radius 1 is 0.971 bits per heavy atom. The van der Waals surface area contributed by atoms with Crippen molar-refractivity contribution in [2.45, 2.75) is 12.8 Å². The molecule has 0 unspecified atom stereocenters. The number of aromatic nitrogens is 1. The van der Waals surface area contributed by atoms with Gasteiger partial charge >= 0.3 is 0 Å². The molecule has 6 nitrogen and oxygen atoms in total. The highest BCUT2D eigenvalue weighted by Crippen LogP contribution is 2.34. The Morgan fingerprint density at radius 2 is 1.74 bits per heavy atom. The van der Waals surface area contributed by atoms with Gasteiger partial charge in [0.05, 0.1) is 11.1 Å². The molecular weight excluding hydrogens is 433 g/mol. The number of aryl methyl sites for hydroxylation is 1. The molecular formula is C27H22FN3O3. The number of pyridine rings is 1. The molecule has 0 bridgehead atoms. The van der Waals surface area contributed by atoms with E-state index in [0.717, 1.165) is 5.56 Å². The maximum atomic E-state index is 13.7. The molecule has 0 spiro atoms. The first kappa shape index (κ1) is 21.6. The summed E-state index contributed by atoms with van der Waals surface area (Å²) in [5.41, 5.74) is 3.30. The number of halogens is 1. The Morgan fingerprint density at radius 3 is 2.53 bits per heavy atom. The third kappa shape index (κ3) is 3.75. The van der Waals surface area contributed by atoms with Crippen LogP contribution in [-0.4, -0.2) is 22.9 Å². The van der Waals surface area contributed by atoms with E-state index in [1.54, 1.807) is 24.1 Å². The second-order valence-corrected chi connectivity index (χ2v) is 8.30. The predicted molar refractivity (Wildman–Crippen MR) is 130 cm³/mol. The Labute approximate surface area is 195 Å². The largest absolute Gasteiger partial charge is 0.322 e. The molecule has 1 aliphatic heterocycles. The fraction of sp³-hybridized carbons (Fsp3) is 0.148. The van der Waals surface area contributed by atoms with Crippen molar-refractivity contribution in [2.75, 3.05) is 16.8 Å². The standard InChI is InChI=1S/C27H22FN3O3/c1-30-23-9-3-2-6-19(23)21(16-25(30)32)27(34)31-15-5-7-20-22(8-4-10-24(20)31)29-26(33)17-11-13-18(28)14-12-17/h2-4,6,8-14,16H,5,7,15H2,1H3,(H,29,33). The van der Waals surface area contributed by atoms with Crippen molar-refractivity contribution in [1.29, 1.82) is 0 Å². The molecule has 1 N–H and O–H groups in total. The average molecular weight is 455 g/mol. The highest BCUT2D eigenvalue weighted by molar-refractivity contribution is 6.14. The molecule has 0 radical (unpaired) electrons. The first-order valence-corrected chi connectivity index (χ1v) is 11.0. The number of amides is 2. The summed E-state index contributed by atoms with van der Waals surface area (Å²) in [6.45, 7) is 0.505. The molecule has 2 heterocycles. The Balaban J connectivity index is 1.52. The van der Waals surface area contributed by atoms with Crippen molar-refractivity contribution in [3.63, 3.8) is 0 Å². The van der Waals surface area contributed by atoms with Crippen molar-refractivity contribution in [2.24, 2.45) is 7.05 Å². The summed E-state index contributed by atoms with van der Waals surface area (Å²) in [5, 5.41) is 3.61. The zero-order valence-electron chi connectivity index (χ0n) is 18.5. The van der Waals surface area contributed by atoms with Crippen LogP contribution in [0.2, 0.25) is 0 Å². The van der Waals surface area contributed by atoms with E-state index in [1.165, 1.54) is 34.9 Å². The molecule has 34 heavy (non-hydrogen) atoms. The van der Waals surface area contributed by atoms with E-state index in [-0.39, 0.29) is 17.4 Å². The number of anilines is 2. The van der Waals surface area contributed by atoms with E-state index in [4.69, 9.17) is 0 Å². The van der Waals surface area contributed by atoms with Gasteiger partial charge in [-0.2, -0.15) is 0 Å². The number of rotatable bonds is 3. The minimum Gasteiger partial charge on any atom is -0.322 e. The number of benzene rings is 3. The van der Waals surface area contributed by atoms with Crippen LogP contribution in [0.5, 0.6) is 0 Å². The van der Waals surface area contributed by atoms with Gasteiger partial charge in [-0.1, -0.05) is 24.3 Å². The van der Waals surface area contributed by atoms with Gasteiger partial charge in [-0.25, -0.2) is 4.39 Å². The van der Waals surface area contributed by atoms with Crippen LogP contribution in [0, 0.1) is 5.82 Å². The van der Waals surface area contributed by atoms with Crippen LogP contribution in [-0.2, 0) is 13.5 Å². The highest BCUT2D eigenvalue weighted by Gasteiger charge is 2.27. The van der Waals surface area contributed by atoms with Crippen LogP contribution in [0.1, 0.15) is 32.7 Å². The lowest BCUT2D eigenvalue weighted by molar-refractivity contribution is 0.0985. The van der Waals surface area contributed by atoms with Crippen molar-refractivity contribution >= 4 is 34.1 Å². The molecule has 7 heteroatoms. The van der Waals surface area contributed by atoms with E-state index in [0.29, 0.717) is 52.8 Å². The number of para-hydroxylation sites is 1. The van der Waals surface area contributed by atoms with E-state index >= 15 is 0 Å². The van der Waals surface area contributed by atoms with Crippen LogP contribution in [0.3, 0.4) is 0 Å². The molecule has 2 amide bonds. The van der Waals surface area contributed by atoms with Gasteiger partial charge < -0.3 is 14.8 Å². The van der Waals surface area contributed by atoms with Crippen LogP contribution < -0.4 is 15.8 Å². The predicted octanol–water partition coefficient (Wildman–Crippen LogP) is 4.52. The van der Waals surface area contributed by atoms with E-state index < -0.39 is 5.82 Å². The smallest absolute Gasteiger partial charge is 0.259 e. The molecule has 0 saturated carbocycles. The maximum Gasteiger partial charge on any atom is 0.259 e. The first-order chi connectivity index (χ1) is 16.4. The summed E-state index contributed by atoms with van der Waals surface area (Å²) < 4.78 is 14.7. The van der Waals surface area contributed by atoms with E-state index in [1.807, 2.05) is 30.3 Å². The monoisotopic (exact) mass is 455 g/mol. The van der Waals surface area contributed by atoms with Crippen LogP contribution in [0.4, 0.5) is 15.8 Å². The SMILES string of the molecule is Cn1c(=O)cc(C(=O)N2CCCc3c(NC(=O)c4ccc(F)cc4)cccc32)c2ccccc21. The molecule has 4 aromatic rings. The second-order valence-electron chi connectivity index (χ2n) is 8.30. The second kappa shape index (κ2) is 8.59. The first-order valence-electron chi connectivity index (χ1n) is 11.0. The number of carbonyl (C=O) groups is 2. The minimum atomic E-state index is -0.411. The summed E-state index contributed by atoms with van der Waals surface area (Å²) in [4.78, 5) is 40.6. The van der Waals surface area contributed by atoms with Crippen LogP contribution in [0.25, 0.3) is 10.9 Å². The lowest BCUT2D eigenvalue weighted by Gasteiger charge is -2.31. The number of hydrogen-bond acceptors (Lipinski definition) is 3. The number of nitrogens with zero attached hydrogens (tertiary/aromatic N) is 2. The highest BCUT2D eigenvalue weighted by atomic mass is 19.1. The summed E-state index contributed by atoms with van der Waals surface area (Å²) >= 11 is 0. The molecule has 0 atom stereocenters. The minimum absolute atomic E-state index is 0.250. The van der Waals surface area contributed by atoms with Crippen LogP contribution >= 0.6 is 0 Å². The summed E-state index contributed by atoms with van der Waals surface area (Å²) in [6.07, 6.45) is 1.40. The molecule has 0 fully saturated rings. The van der Waals surface area contributed by atoms with Gasteiger partial charge in [0.2, 0.25) is 0 Å². The van der Waals surface area contributed by atoms with E-state index in [9.17, 15) is 18.8 Å². The number of carbonyl (C=O) groups excluding carboxylic acids is 2. The molecule has 1 aromatic heterocycles. The van der Waals surface area contributed by atoms with Gasteiger partial charge in [-0.3, -0.25) is 14.4 Å². The van der Waals surface area contributed by atoms with Gasteiger partial charge in [0.1, 0.15) is 5.82 Å². The quantitative estimate of drug-likeness (QED) is 0.494. The molecule has 170 valence electrons. The Kier molecular flexibility index (Phi) is 5.45. The fourth-order valence-electron chi connectivity index (χ4n) is 4.48. The maximum absolute atomic E-state index is 13.7. The van der Waals surface area contributed by atoms with Gasteiger partial charge in [-0.05, 0) is 60.9 Å². The van der Waals surface area contributed by atoms with Crippen molar-refractivity contribution < 1.29 is 14.0 Å². The van der Waals surface area contributed by atoms with Crippen molar-refractivity contribution in [1.82, 2.24) is 4.57 Å². The average Bonchev–Trinajstić information content (AvgIpc) is 2.86. The number of hydrogen-bond donors (Lipinski definition) is 1. The van der Waals surface area contributed by atoms with Gasteiger partial charge in [0.25, 0.3) is 17.4 Å². The topological polar surface area (TPSA) is 71.4 Å². The molecule has 0 aliphatic carbocycles. The third-order valence-electron chi connectivity index (χ3n) is 6.23. The van der Waals surface area contributed by atoms with E-state index in [2.05, 4.69) is 5.32 Å². The van der Waals surface area contributed by atoms with Gasteiger partial charge in [0.15, 0.2) is 0 Å². The molecule has 0 saturated heterocycles. The third-order valence-corrected chi connectivity index (χ3v) is 6.23. The normalized spacial score (nSPS) is 12.9. The Hall–Kier alpha value is -4.26. The molecule has 3 aromatic carbocycles.